The van der Waals surface area contributed by atoms with Gasteiger partial charge in [-0.05, 0) is 75.3 Å². The molecule has 0 aliphatic carbocycles. The average Bonchev–Trinajstić information content (AvgIpc) is 3.74. The lowest BCUT2D eigenvalue weighted by molar-refractivity contribution is 0.0516. The van der Waals surface area contributed by atoms with Gasteiger partial charge in [0.2, 0.25) is 0 Å². The van der Waals surface area contributed by atoms with Crippen LogP contribution in [0.3, 0.4) is 0 Å². The highest BCUT2D eigenvalue weighted by molar-refractivity contribution is 6.46. The van der Waals surface area contributed by atoms with Gasteiger partial charge in [-0.2, -0.15) is 0 Å². The molecule has 2 unspecified atom stereocenters. The number of likely N-dealkylation sites (tertiary alicyclic amines) is 1. The van der Waals surface area contributed by atoms with Gasteiger partial charge in [0.05, 0.1) is 56.8 Å². The summed E-state index contributed by atoms with van der Waals surface area (Å²) in [7, 11) is 2.04. The maximum absolute atomic E-state index is 13.4. The Kier molecular flexibility index (Phi) is 7.41. The minimum absolute atomic E-state index is 0.0271. The molecular weight excluding hydrogens is 610 g/mol. The monoisotopic (exact) mass is 645 g/mol. The zero-order valence-corrected chi connectivity index (χ0v) is 26.7. The zero-order chi connectivity index (χ0) is 33.1. The molecule has 244 valence electrons. The van der Waals surface area contributed by atoms with E-state index in [1.54, 1.807) is 18.2 Å². The molecule has 12 nitrogen and oxygen atoms in total. The number of aromatic amines is 1. The Morgan fingerprint density at radius 3 is 2.65 bits per heavy atom. The summed E-state index contributed by atoms with van der Waals surface area (Å²) in [6, 6.07) is 10.8. The average molecular weight is 646 g/mol. The molecule has 1 aromatic heterocycles. The molecule has 3 aromatic rings. The number of ether oxygens (including phenoxy) is 1. The molecule has 1 saturated heterocycles. The van der Waals surface area contributed by atoms with Crippen LogP contribution < -0.4 is 15.6 Å². The number of piperidine rings is 1. The number of aromatic nitrogens is 1. The molecule has 2 atom stereocenters. The predicted octanol–water partition coefficient (Wildman–Crippen LogP) is 3.75. The Morgan fingerprint density at radius 1 is 1.04 bits per heavy atom. The number of hydrogen-bond donors (Lipinski definition) is 3. The second kappa shape index (κ2) is 11.8. The molecule has 5 aliphatic rings. The van der Waals surface area contributed by atoms with Gasteiger partial charge in [-0.1, -0.05) is 12.1 Å². The quantitative estimate of drug-likeness (QED) is 0.316. The smallest absolute Gasteiger partial charge is 0.261 e. The second-order valence-electron chi connectivity index (χ2n) is 13.0. The Hall–Kier alpha value is -5.20. The molecule has 12 heteroatoms. The van der Waals surface area contributed by atoms with E-state index < -0.39 is 6.10 Å². The third-order valence-corrected chi connectivity index (χ3v) is 9.79. The molecule has 2 amide bonds. The van der Waals surface area contributed by atoms with Crippen LogP contribution in [0.4, 0.5) is 17.1 Å². The molecule has 0 radical (unpaired) electrons. The Bertz CT molecular complexity index is 2050. The van der Waals surface area contributed by atoms with Crippen molar-refractivity contribution in [3.05, 3.63) is 93.0 Å². The molecule has 0 saturated carbocycles. The van der Waals surface area contributed by atoms with Crippen molar-refractivity contribution in [3.8, 4) is 5.75 Å². The van der Waals surface area contributed by atoms with Gasteiger partial charge in [-0.15, -0.1) is 0 Å². The third-order valence-electron chi connectivity index (χ3n) is 9.79. The van der Waals surface area contributed by atoms with E-state index in [9.17, 15) is 19.5 Å². The number of H-pyrrole nitrogens is 1. The fourth-order valence-corrected chi connectivity index (χ4v) is 7.20. The van der Waals surface area contributed by atoms with Crippen molar-refractivity contribution in [1.82, 2.24) is 14.8 Å². The molecule has 6 heterocycles. The lowest BCUT2D eigenvalue weighted by atomic mass is 9.92. The number of fused-ring (bicyclic) bond motifs is 5. The standard InChI is InChI=1S/C36H35N7O5/c1-19-33-25(5-9-37-19)24-4-3-23(15-30(24)41-33)48-18-22(44)17-39-28-6-10-38-34(45)32(28)31-14-20-13-26-27(16-29(20)40-31)36(47)43(35(26)46)21-7-11-42(2)12-8-21/h3-6,9-10,13,15-16,21-22,25,44H,7-8,11-12,14,17-18H2,1-2H3,(H2,38,39,45). The lowest BCUT2D eigenvalue weighted by Crippen LogP contribution is -2.46. The van der Waals surface area contributed by atoms with E-state index in [4.69, 9.17) is 14.7 Å². The summed E-state index contributed by atoms with van der Waals surface area (Å²) in [4.78, 5) is 60.0. The summed E-state index contributed by atoms with van der Waals surface area (Å²) in [5, 5.41) is 14.0. The van der Waals surface area contributed by atoms with Crippen molar-refractivity contribution in [3.63, 3.8) is 0 Å². The fraction of sp³-hybridized carbons (Fsp3) is 0.333. The number of benzene rings is 2. The summed E-state index contributed by atoms with van der Waals surface area (Å²) < 4.78 is 5.90. The third kappa shape index (κ3) is 5.17. The molecule has 2 aromatic carbocycles. The van der Waals surface area contributed by atoms with Gasteiger partial charge in [0.15, 0.2) is 0 Å². The number of carbonyl (C=O) groups excluding carboxylic acids is 2. The highest BCUT2D eigenvalue weighted by Crippen LogP contribution is 2.40. The molecule has 1 fully saturated rings. The number of aliphatic hydroxyl groups is 1. The van der Waals surface area contributed by atoms with Gasteiger partial charge in [0.1, 0.15) is 18.5 Å². The van der Waals surface area contributed by atoms with Crippen molar-refractivity contribution in [2.75, 3.05) is 38.6 Å². The van der Waals surface area contributed by atoms with Gasteiger partial charge >= 0.3 is 0 Å². The topological polar surface area (TPSA) is 152 Å². The lowest BCUT2D eigenvalue weighted by Gasteiger charge is -2.33. The van der Waals surface area contributed by atoms with E-state index in [-0.39, 0.29) is 42.5 Å². The zero-order valence-electron chi connectivity index (χ0n) is 26.7. The van der Waals surface area contributed by atoms with Crippen LogP contribution in [0.5, 0.6) is 5.75 Å². The minimum atomic E-state index is -0.883. The maximum Gasteiger partial charge on any atom is 0.261 e. The van der Waals surface area contributed by atoms with E-state index in [1.165, 1.54) is 11.1 Å². The maximum atomic E-state index is 13.4. The minimum Gasteiger partial charge on any atom is -0.491 e. The normalized spacial score (nSPS) is 20.5. The molecule has 3 N–H and O–H groups in total. The fourth-order valence-electron chi connectivity index (χ4n) is 7.20. The first-order valence-corrected chi connectivity index (χ1v) is 16.3. The van der Waals surface area contributed by atoms with Crippen molar-refractivity contribution in [1.29, 1.82) is 0 Å². The molecule has 48 heavy (non-hydrogen) atoms. The first kappa shape index (κ1) is 30.2. The van der Waals surface area contributed by atoms with Gasteiger partial charge in [-0.3, -0.25) is 34.3 Å². The molecule has 8 rings (SSSR count). The number of nitrogens with one attached hydrogen (secondary N) is 2. The van der Waals surface area contributed by atoms with Crippen molar-refractivity contribution < 1.29 is 19.4 Å². The first-order chi connectivity index (χ1) is 23.2. The number of aliphatic hydroxyl groups excluding tert-OH is 1. The van der Waals surface area contributed by atoms with E-state index in [0.717, 1.165) is 54.2 Å². The van der Waals surface area contributed by atoms with Crippen LogP contribution in [0.25, 0.3) is 0 Å². The number of nitrogens with zero attached hydrogens (tertiary/aromatic N) is 5. The summed E-state index contributed by atoms with van der Waals surface area (Å²) in [5.41, 5.74) is 6.95. The number of allylic oxidation sites excluding steroid dienone is 1. The summed E-state index contributed by atoms with van der Waals surface area (Å²) in [6.45, 7) is 3.78. The SMILES string of the molecule is CC1=NC=CC2C1=Nc1cc(OCC(O)CNc3cc[nH]c(=O)c3C3=Nc4cc5c(cc4C3)C(=O)N(C3CCN(C)CC3)C5=O)ccc12. The van der Waals surface area contributed by atoms with Crippen molar-refractivity contribution in [2.45, 2.75) is 44.2 Å². The Morgan fingerprint density at radius 2 is 1.83 bits per heavy atom. The van der Waals surface area contributed by atoms with Crippen LogP contribution >= 0.6 is 0 Å². The summed E-state index contributed by atoms with van der Waals surface area (Å²) >= 11 is 0. The number of anilines is 1. The highest BCUT2D eigenvalue weighted by Gasteiger charge is 2.42. The van der Waals surface area contributed by atoms with Crippen LogP contribution in [-0.2, 0) is 6.42 Å². The predicted molar refractivity (Wildman–Crippen MR) is 183 cm³/mol. The number of rotatable bonds is 8. The number of carbonyl (C=O) groups is 2. The van der Waals surface area contributed by atoms with Crippen LogP contribution in [0.2, 0.25) is 0 Å². The number of amides is 2. The first-order valence-electron chi connectivity index (χ1n) is 16.3. The Balaban J connectivity index is 0.941. The van der Waals surface area contributed by atoms with E-state index in [2.05, 4.69) is 20.2 Å². The van der Waals surface area contributed by atoms with Crippen LogP contribution in [0, 0.1) is 0 Å². The number of aliphatic imine (C=N–C) groups is 3. The molecule has 0 spiro atoms. The molecule has 5 aliphatic heterocycles. The highest BCUT2D eigenvalue weighted by atomic mass is 16.5. The van der Waals surface area contributed by atoms with Crippen LogP contribution in [0.15, 0.2) is 74.6 Å². The van der Waals surface area contributed by atoms with Gasteiger partial charge in [0, 0.05) is 37.5 Å². The van der Waals surface area contributed by atoms with Gasteiger partial charge < -0.3 is 25.0 Å². The molecule has 0 bridgehead atoms. The van der Waals surface area contributed by atoms with E-state index >= 15 is 0 Å². The summed E-state index contributed by atoms with van der Waals surface area (Å²) in [6.07, 6.45) is 6.35. The van der Waals surface area contributed by atoms with E-state index in [1.807, 2.05) is 44.4 Å². The van der Waals surface area contributed by atoms with Crippen LogP contribution in [-0.4, -0.2) is 94.3 Å². The Labute approximate surface area is 276 Å². The number of imide groups is 1. The van der Waals surface area contributed by atoms with Gasteiger partial charge in [-0.25, -0.2) is 0 Å². The second-order valence-corrected chi connectivity index (χ2v) is 13.0. The van der Waals surface area contributed by atoms with Crippen molar-refractivity contribution in [2.24, 2.45) is 15.0 Å². The van der Waals surface area contributed by atoms with E-state index in [0.29, 0.717) is 45.9 Å². The molecular formula is C36H35N7O5. The van der Waals surface area contributed by atoms with Crippen LogP contribution in [0.1, 0.15) is 63.1 Å². The number of pyridine rings is 1. The number of hydrogen-bond acceptors (Lipinski definition) is 10. The largest absolute Gasteiger partial charge is 0.491 e. The van der Waals surface area contributed by atoms with Gasteiger partial charge in [0.25, 0.3) is 17.4 Å². The van der Waals surface area contributed by atoms with Crippen molar-refractivity contribution >= 4 is 46.0 Å². The summed E-state index contributed by atoms with van der Waals surface area (Å²) in [5.74, 6) is 0.166.